The number of carboxylic acid groups (broad SMARTS) is 1. The van der Waals surface area contributed by atoms with Gasteiger partial charge in [0.1, 0.15) is 12.4 Å². The summed E-state index contributed by atoms with van der Waals surface area (Å²) in [5, 5.41) is 9.18. The highest BCUT2D eigenvalue weighted by Gasteiger charge is 2.26. The molecule has 0 atom stereocenters. The molecule has 1 aliphatic rings. The van der Waals surface area contributed by atoms with E-state index in [0.29, 0.717) is 24.3 Å². The molecule has 3 rings (SSSR count). The summed E-state index contributed by atoms with van der Waals surface area (Å²) in [4.78, 5) is 24.8. The number of carbonyl (C=O) groups is 2. The molecule has 0 aromatic heterocycles. The molecule has 1 N–H and O–H groups in total. The minimum absolute atomic E-state index is 0.0934. The maximum absolute atomic E-state index is 11.9. The van der Waals surface area contributed by atoms with Gasteiger partial charge >= 0.3 is 5.97 Å². The van der Waals surface area contributed by atoms with E-state index in [1.807, 2.05) is 25.1 Å². The average molecular weight is 311 g/mol. The van der Waals surface area contributed by atoms with Gasteiger partial charge in [0.15, 0.2) is 0 Å². The highest BCUT2D eigenvalue weighted by molar-refractivity contribution is 6.01. The predicted octanol–water partition coefficient (Wildman–Crippen LogP) is 2.87. The molecule has 5 nitrogen and oxygen atoms in total. The zero-order valence-electron chi connectivity index (χ0n) is 12.8. The van der Waals surface area contributed by atoms with Gasteiger partial charge in [0, 0.05) is 17.8 Å². The number of aromatic carboxylic acids is 1. The van der Waals surface area contributed by atoms with E-state index in [4.69, 9.17) is 4.74 Å². The summed E-state index contributed by atoms with van der Waals surface area (Å²) in [6.07, 6.45) is 0.381. The van der Waals surface area contributed by atoms with Crippen molar-refractivity contribution in [2.24, 2.45) is 0 Å². The smallest absolute Gasteiger partial charge is 0.336 e. The largest absolute Gasteiger partial charge is 0.489 e. The number of fused-ring (bicyclic) bond motifs is 1. The molecule has 0 fully saturated rings. The fourth-order valence-electron chi connectivity index (χ4n) is 2.81. The van der Waals surface area contributed by atoms with E-state index in [-0.39, 0.29) is 18.1 Å². The molecule has 0 unspecified atom stereocenters. The van der Waals surface area contributed by atoms with Gasteiger partial charge in [-0.1, -0.05) is 18.2 Å². The molecule has 0 bridgehead atoms. The molecular weight excluding hydrogens is 294 g/mol. The van der Waals surface area contributed by atoms with Crippen LogP contribution in [0.2, 0.25) is 0 Å². The minimum Gasteiger partial charge on any atom is -0.489 e. The Labute approximate surface area is 134 Å². The van der Waals surface area contributed by atoms with Crippen LogP contribution < -0.4 is 9.64 Å². The fourth-order valence-corrected chi connectivity index (χ4v) is 2.81. The van der Waals surface area contributed by atoms with Crippen molar-refractivity contribution in [2.75, 3.05) is 11.4 Å². The van der Waals surface area contributed by atoms with Crippen molar-refractivity contribution in [3.05, 3.63) is 59.2 Å². The van der Waals surface area contributed by atoms with Crippen molar-refractivity contribution in [3.8, 4) is 5.75 Å². The van der Waals surface area contributed by atoms with Gasteiger partial charge in [-0.15, -0.1) is 0 Å². The van der Waals surface area contributed by atoms with Crippen LogP contribution in [0.25, 0.3) is 0 Å². The molecule has 2 aromatic rings. The number of amides is 1. The van der Waals surface area contributed by atoms with Crippen LogP contribution in [0.3, 0.4) is 0 Å². The van der Waals surface area contributed by atoms with Crippen LogP contribution in [-0.2, 0) is 17.8 Å². The highest BCUT2D eigenvalue weighted by atomic mass is 16.5. The SMILES string of the molecule is CCN1C(=O)Cc2cc(OCc3ccccc3C(=O)O)ccc21. The van der Waals surface area contributed by atoms with Gasteiger partial charge in [0.25, 0.3) is 0 Å². The summed E-state index contributed by atoms with van der Waals surface area (Å²) < 4.78 is 5.72. The summed E-state index contributed by atoms with van der Waals surface area (Å²) in [5.74, 6) is -0.243. The lowest BCUT2D eigenvalue weighted by Crippen LogP contribution is -2.25. The zero-order chi connectivity index (χ0) is 16.4. The molecule has 1 amide bonds. The fraction of sp³-hybridized carbons (Fsp3) is 0.222. The number of hydrogen-bond donors (Lipinski definition) is 1. The lowest BCUT2D eigenvalue weighted by atomic mass is 10.1. The first-order chi connectivity index (χ1) is 11.1. The number of nitrogens with zero attached hydrogens (tertiary/aromatic N) is 1. The van der Waals surface area contributed by atoms with Gasteiger partial charge in [0.2, 0.25) is 5.91 Å². The molecular formula is C18H17NO4. The maximum Gasteiger partial charge on any atom is 0.336 e. The van der Waals surface area contributed by atoms with Gasteiger partial charge in [-0.2, -0.15) is 0 Å². The summed E-state index contributed by atoms with van der Waals surface area (Å²) in [5.41, 5.74) is 2.73. The Balaban J connectivity index is 1.77. The number of carbonyl (C=O) groups excluding carboxylic acids is 1. The summed E-state index contributed by atoms with van der Waals surface area (Å²) >= 11 is 0. The molecule has 118 valence electrons. The van der Waals surface area contributed by atoms with Crippen molar-refractivity contribution in [3.63, 3.8) is 0 Å². The van der Waals surface area contributed by atoms with Crippen molar-refractivity contribution in [1.29, 1.82) is 0 Å². The number of benzene rings is 2. The van der Waals surface area contributed by atoms with Gasteiger partial charge in [-0.05, 0) is 36.8 Å². The van der Waals surface area contributed by atoms with Crippen LogP contribution in [0.1, 0.15) is 28.4 Å². The van der Waals surface area contributed by atoms with Crippen LogP contribution in [0, 0.1) is 0 Å². The molecule has 0 aliphatic carbocycles. The molecule has 1 aliphatic heterocycles. The number of hydrogen-bond acceptors (Lipinski definition) is 3. The Hall–Kier alpha value is -2.82. The van der Waals surface area contributed by atoms with Crippen LogP contribution >= 0.6 is 0 Å². The standard InChI is InChI=1S/C18H17NO4/c1-2-19-16-8-7-14(9-13(16)10-17(19)20)23-11-12-5-3-4-6-15(12)18(21)22/h3-9H,2,10-11H2,1H3,(H,21,22). The average Bonchev–Trinajstić information content (AvgIpc) is 2.87. The second-order valence-electron chi connectivity index (χ2n) is 5.36. The molecule has 0 radical (unpaired) electrons. The number of anilines is 1. The maximum atomic E-state index is 11.9. The van der Waals surface area contributed by atoms with E-state index in [9.17, 15) is 14.7 Å². The highest BCUT2D eigenvalue weighted by Crippen LogP contribution is 2.32. The summed E-state index contributed by atoms with van der Waals surface area (Å²) in [6.45, 7) is 2.77. The number of rotatable bonds is 5. The van der Waals surface area contributed by atoms with Crippen molar-refractivity contribution in [2.45, 2.75) is 20.0 Å². The number of likely N-dealkylation sites (N-methyl/N-ethyl adjacent to an activating group) is 1. The topological polar surface area (TPSA) is 66.8 Å². The number of ether oxygens (including phenoxy) is 1. The molecule has 5 heteroatoms. The molecule has 2 aromatic carbocycles. The lowest BCUT2D eigenvalue weighted by molar-refractivity contribution is -0.117. The monoisotopic (exact) mass is 311 g/mol. The van der Waals surface area contributed by atoms with E-state index in [1.165, 1.54) is 0 Å². The van der Waals surface area contributed by atoms with E-state index in [1.54, 1.807) is 29.2 Å². The quantitative estimate of drug-likeness (QED) is 0.922. The van der Waals surface area contributed by atoms with Gasteiger partial charge in [-0.3, -0.25) is 4.79 Å². The summed E-state index contributed by atoms with van der Waals surface area (Å²) in [6, 6.07) is 12.3. The predicted molar refractivity (Wildman–Crippen MR) is 85.9 cm³/mol. The molecule has 23 heavy (non-hydrogen) atoms. The zero-order valence-corrected chi connectivity index (χ0v) is 12.8. The van der Waals surface area contributed by atoms with Gasteiger partial charge < -0.3 is 14.7 Å². The third-order valence-electron chi connectivity index (χ3n) is 3.94. The van der Waals surface area contributed by atoms with E-state index < -0.39 is 5.97 Å². The van der Waals surface area contributed by atoms with Crippen LogP contribution in [-0.4, -0.2) is 23.5 Å². The molecule has 0 saturated carbocycles. The van der Waals surface area contributed by atoms with Crippen molar-refractivity contribution < 1.29 is 19.4 Å². The normalized spacial score (nSPS) is 13.1. The molecule has 0 saturated heterocycles. The van der Waals surface area contributed by atoms with Crippen molar-refractivity contribution in [1.82, 2.24) is 0 Å². The first kappa shape index (κ1) is 15.1. The molecule has 1 heterocycles. The second-order valence-corrected chi connectivity index (χ2v) is 5.36. The molecule has 0 spiro atoms. The lowest BCUT2D eigenvalue weighted by Gasteiger charge is -2.15. The van der Waals surface area contributed by atoms with Crippen LogP contribution in [0.4, 0.5) is 5.69 Å². The van der Waals surface area contributed by atoms with E-state index >= 15 is 0 Å². The minimum atomic E-state index is -0.970. The second kappa shape index (κ2) is 6.12. The van der Waals surface area contributed by atoms with E-state index in [2.05, 4.69) is 0 Å². The third kappa shape index (κ3) is 2.90. The Morgan fingerprint density at radius 3 is 2.78 bits per heavy atom. The Bertz CT molecular complexity index is 769. The van der Waals surface area contributed by atoms with Crippen molar-refractivity contribution >= 4 is 17.6 Å². The third-order valence-corrected chi connectivity index (χ3v) is 3.94. The van der Waals surface area contributed by atoms with Gasteiger partial charge in [0.05, 0.1) is 12.0 Å². The van der Waals surface area contributed by atoms with Crippen LogP contribution in [0.5, 0.6) is 5.75 Å². The number of carboxylic acids is 1. The first-order valence-corrected chi connectivity index (χ1v) is 7.47. The Morgan fingerprint density at radius 2 is 2.04 bits per heavy atom. The van der Waals surface area contributed by atoms with E-state index in [0.717, 1.165) is 11.3 Å². The summed E-state index contributed by atoms with van der Waals surface area (Å²) in [7, 11) is 0. The van der Waals surface area contributed by atoms with Gasteiger partial charge in [-0.25, -0.2) is 4.79 Å². The Morgan fingerprint density at radius 1 is 1.26 bits per heavy atom. The Kier molecular flexibility index (Phi) is 4.02. The first-order valence-electron chi connectivity index (χ1n) is 7.47. The van der Waals surface area contributed by atoms with Crippen LogP contribution in [0.15, 0.2) is 42.5 Å².